The zero-order valence-electron chi connectivity index (χ0n) is 11.2. The molecule has 1 aliphatic heterocycles. The Balaban J connectivity index is 2.73. The Morgan fingerprint density at radius 1 is 1.33 bits per heavy atom. The summed E-state index contributed by atoms with van der Waals surface area (Å²) in [4.78, 5) is 25.2. The molecule has 0 aromatic rings. The van der Waals surface area contributed by atoms with E-state index in [0.29, 0.717) is 12.3 Å². The van der Waals surface area contributed by atoms with E-state index in [0.717, 1.165) is 31.4 Å². The van der Waals surface area contributed by atoms with Gasteiger partial charge in [0.15, 0.2) is 0 Å². The van der Waals surface area contributed by atoms with Crippen LogP contribution >= 0.6 is 11.8 Å². The van der Waals surface area contributed by atoms with Gasteiger partial charge in [-0.2, -0.15) is 11.8 Å². The fraction of sp³-hybridized carbons (Fsp3) is 0.846. The summed E-state index contributed by atoms with van der Waals surface area (Å²) in [7, 11) is 0. The summed E-state index contributed by atoms with van der Waals surface area (Å²) in [6.07, 6.45) is 3.67. The van der Waals surface area contributed by atoms with Crippen LogP contribution in [0.15, 0.2) is 0 Å². The first-order valence-electron chi connectivity index (χ1n) is 6.72. The SMILES string of the molecule is CCCC(CCC)C(=O)N1CCSCC1C(=O)O. The third-order valence-corrected chi connectivity index (χ3v) is 4.34. The van der Waals surface area contributed by atoms with E-state index in [2.05, 4.69) is 13.8 Å². The molecule has 0 radical (unpaired) electrons. The number of carboxylic acid groups (broad SMARTS) is 1. The normalized spacial score (nSPS) is 20.2. The van der Waals surface area contributed by atoms with Gasteiger partial charge in [-0.15, -0.1) is 0 Å². The molecule has 5 heteroatoms. The maximum Gasteiger partial charge on any atom is 0.327 e. The monoisotopic (exact) mass is 273 g/mol. The van der Waals surface area contributed by atoms with Crippen molar-refractivity contribution in [3.8, 4) is 0 Å². The van der Waals surface area contributed by atoms with Crippen molar-refractivity contribution in [3.05, 3.63) is 0 Å². The number of rotatable bonds is 6. The number of amides is 1. The highest BCUT2D eigenvalue weighted by molar-refractivity contribution is 7.99. The molecule has 1 amide bonds. The van der Waals surface area contributed by atoms with Crippen LogP contribution in [-0.2, 0) is 9.59 Å². The highest BCUT2D eigenvalue weighted by Crippen LogP contribution is 2.23. The molecule has 1 N–H and O–H groups in total. The number of carboxylic acids is 1. The second kappa shape index (κ2) is 7.67. The molecule has 0 bridgehead atoms. The van der Waals surface area contributed by atoms with Gasteiger partial charge in [0.1, 0.15) is 6.04 Å². The van der Waals surface area contributed by atoms with E-state index in [1.165, 1.54) is 0 Å². The molecular weight excluding hydrogens is 250 g/mol. The van der Waals surface area contributed by atoms with Crippen LogP contribution in [0.2, 0.25) is 0 Å². The first-order chi connectivity index (χ1) is 8.61. The van der Waals surface area contributed by atoms with E-state index in [1.54, 1.807) is 16.7 Å². The molecule has 0 aliphatic carbocycles. The lowest BCUT2D eigenvalue weighted by Crippen LogP contribution is -2.52. The summed E-state index contributed by atoms with van der Waals surface area (Å²) < 4.78 is 0. The molecular formula is C13H23NO3S. The van der Waals surface area contributed by atoms with Gasteiger partial charge in [0.25, 0.3) is 0 Å². The van der Waals surface area contributed by atoms with Crippen LogP contribution < -0.4 is 0 Å². The van der Waals surface area contributed by atoms with Crippen LogP contribution in [0.1, 0.15) is 39.5 Å². The summed E-state index contributed by atoms with van der Waals surface area (Å²) in [5.41, 5.74) is 0. The summed E-state index contributed by atoms with van der Waals surface area (Å²) in [5.74, 6) is 0.547. The quantitative estimate of drug-likeness (QED) is 0.806. The van der Waals surface area contributed by atoms with Gasteiger partial charge in [-0.05, 0) is 12.8 Å². The van der Waals surface area contributed by atoms with Crippen molar-refractivity contribution in [2.45, 2.75) is 45.6 Å². The van der Waals surface area contributed by atoms with Gasteiger partial charge < -0.3 is 10.0 Å². The zero-order valence-corrected chi connectivity index (χ0v) is 12.0. The minimum absolute atomic E-state index is 0.00458. The molecule has 0 spiro atoms. The van der Waals surface area contributed by atoms with Crippen LogP contribution in [0.25, 0.3) is 0 Å². The minimum atomic E-state index is -0.873. The molecule has 1 rings (SSSR count). The van der Waals surface area contributed by atoms with Crippen LogP contribution in [0, 0.1) is 5.92 Å². The van der Waals surface area contributed by atoms with Crippen molar-refractivity contribution in [2.75, 3.05) is 18.1 Å². The fourth-order valence-electron chi connectivity index (χ4n) is 2.39. The maximum absolute atomic E-state index is 12.4. The smallest absolute Gasteiger partial charge is 0.327 e. The highest BCUT2D eigenvalue weighted by atomic mass is 32.2. The number of carbonyl (C=O) groups is 2. The molecule has 1 fully saturated rings. The topological polar surface area (TPSA) is 57.6 Å². The maximum atomic E-state index is 12.4. The third-order valence-electron chi connectivity index (χ3n) is 3.32. The number of nitrogens with zero attached hydrogens (tertiary/aromatic N) is 1. The Morgan fingerprint density at radius 3 is 2.44 bits per heavy atom. The van der Waals surface area contributed by atoms with Gasteiger partial charge in [-0.25, -0.2) is 4.79 Å². The second-order valence-corrected chi connectivity index (χ2v) is 5.88. The van der Waals surface area contributed by atoms with Gasteiger partial charge in [0.2, 0.25) is 5.91 Å². The second-order valence-electron chi connectivity index (χ2n) is 4.73. The molecule has 1 heterocycles. The summed E-state index contributed by atoms with van der Waals surface area (Å²) in [6.45, 7) is 4.71. The van der Waals surface area contributed by atoms with E-state index < -0.39 is 12.0 Å². The van der Waals surface area contributed by atoms with Crippen LogP contribution in [0.4, 0.5) is 0 Å². The lowest BCUT2D eigenvalue weighted by molar-refractivity contribution is -0.151. The van der Waals surface area contributed by atoms with Gasteiger partial charge in [0.05, 0.1) is 0 Å². The standard InChI is InChI=1S/C13H23NO3S/c1-3-5-10(6-4-2)12(15)14-7-8-18-9-11(14)13(16)17/h10-11H,3-9H2,1-2H3,(H,16,17). The lowest BCUT2D eigenvalue weighted by atomic mass is 9.96. The largest absolute Gasteiger partial charge is 0.480 e. The number of hydrogen-bond donors (Lipinski definition) is 1. The molecule has 1 unspecified atom stereocenters. The summed E-state index contributed by atoms with van der Waals surface area (Å²) >= 11 is 1.62. The molecule has 18 heavy (non-hydrogen) atoms. The van der Waals surface area contributed by atoms with E-state index in [1.807, 2.05) is 0 Å². The van der Waals surface area contributed by atoms with Gasteiger partial charge in [-0.3, -0.25) is 4.79 Å². The molecule has 1 aliphatic rings. The molecule has 1 saturated heterocycles. The van der Waals surface area contributed by atoms with Gasteiger partial charge in [-0.1, -0.05) is 26.7 Å². The highest BCUT2D eigenvalue weighted by Gasteiger charge is 2.34. The number of carbonyl (C=O) groups excluding carboxylic acids is 1. The first kappa shape index (κ1) is 15.3. The zero-order chi connectivity index (χ0) is 13.5. The molecule has 104 valence electrons. The number of aliphatic carboxylic acids is 1. The Hall–Kier alpha value is -0.710. The number of thioether (sulfide) groups is 1. The Bertz CT molecular complexity index is 290. The minimum Gasteiger partial charge on any atom is -0.480 e. The fourth-order valence-corrected chi connectivity index (χ4v) is 3.43. The van der Waals surface area contributed by atoms with Gasteiger partial charge in [0, 0.05) is 24.0 Å². The molecule has 0 aromatic carbocycles. The number of hydrogen-bond acceptors (Lipinski definition) is 3. The predicted molar refractivity (Wildman–Crippen MR) is 73.8 cm³/mol. The van der Waals surface area contributed by atoms with E-state index in [9.17, 15) is 14.7 Å². The van der Waals surface area contributed by atoms with Crippen molar-refractivity contribution < 1.29 is 14.7 Å². The predicted octanol–water partition coefficient (Wildman–Crippen LogP) is 2.23. The van der Waals surface area contributed by atoms with Crippen LogP contribution in [0.3, 0.4) is 0 Å². The van der Waals surface area contributed by atoms with E-state index in [4.69, 9.17) is 0 Å². The summed E-state index contributed by atoms with van der Waals surface area (Å²) in [5, 5.41) is 9.19. The first-order valence-corrected chi connectivity index (χ1v) is 7.88. The van der Waals surface area contributed by atoms with Crippen molar-refractivity contribution in [2.24, 2.45) is 5.92 Å². The average molecular weight is 273 g/mol. The van der Waals surface area contributed by atoms with E-state index in [-0.39, 0.29) is 11.8 Å². The van der Waals surface area contributed by atoms with Crippen molar-refractivity contribution in [3.63, 3.8) is 0 Å². The molecule has 0 saturated carbocycles. The van der Waals surface area contributed by atoms with Crippen LogP contribution in [0.5, 0.6) is 0 Å². The molecule has 1 atom stereocenters. The third kappa shape index (κ3) is 3.90. The Kier molecular flexibility index (Phi) is 6.54. The Labute approximate surface area is 113 Å². The van der Waals surface area contributed by atoms with Crippen LogP contribution in [-0.4, -0.2) is 46.0 Å². The Morgan fingerprint density at radius 2 is 1.94 bits per heavy atom. The molecule has 0 aromatic heterocycles. The van der Waals surface area contributed by atoms with Gasteiger partial charge >= 0.3 is 5.97 Å². The lowest BCUT2D eigenvalue weighted by Gasteiger charge is -2.35. The van der Waals surface area contributed by atoms with Crippen molar-refractivity contribution >= 4 is 23.6 Å². The van der Waals surface area contributed by atoms with Crippen molar-refractivity contribution in [1.82, 2.24) is 4.90 Å². The van der Waals surface area contributed by atoms with E-state index >= 15 is 0 Å². The van der Waals surface area contributed by atoms with Crippen molar-refractivity contribution in [1.29, 1.82) is 0 Å². The molecule has 4 nitrogen and oxygen atoms in total. The average Bonchev–Trinajstić information content (AvgIpc) is 2.37. The summed E-state index contributed by atoms with van der Waals surface area (Å²) in [6, 6.07) is -0.632.